The lowest BCUT2D eigenvalue weighted by molar-refractivity contribution is 0.229. The first-order valence-electron chi connectivity index (χ1n) is 2.49. The van der Waals surface area contributed by atoms with E-state index in [1.54, 1.807) is 0 Å². The van der Waals surface area contributed by atoms with Gasteiger partial charge < -0.3 is 5.11 Å². The van der Waals surface area contributed by atoms with Crippen LogP contribution in [0.15, 0.2) is 0 Å². The molecule has 0 saturated carbocycles. The first-order chi connectivity index (χ1) is 4.02. The second kappa shape index (κ2) is 3.87. The van der Waals surface area contributed by atoms with E-state index in [-0.39, 0.29) is 12.5 Å². The summed E-state index contributed by atoms with van der Waals surface area (Å²) in [6.45, 7) is 3.37. The first-order valence-corrected chi connectivity index (χ1v) is 3.62. The third-order valence-corrected chi connectivity index (χ3v) is 1.96. The number of alkyl halides is 3. The van der Waals surface area contributed by atoms with Crippen LogP contribution in [0.5, 0.6) is 0 Å². The van der Waals surface area contributed by atoms with Gasteiger partial charge in [0.15, 0.2) is 3.79 Å². The average molecular weight is 190 g/mol. The lowest BCUT2D eigenvalue weighted by atomic mass is 10.1. The second-order valence-electron chi connectivity index (χ2n) is 1.71. The minimum Gasteiger partial charge on any atom is -0.396 e. The predicted octanol–water partition coefficient (Wildman–Crippen LogP) is 2.19. The first kappa shape index (κ1) is 9.83. The zero-order valence-electron chi connectivity index (χ0n) is 4.78. The molecule has 55 valence electrons. The van der Waals surface area contributed by atoms with Gasteiger partial charge >= 0.3 is 0 Å². The zero-order chi connectivity index (χ0) is 7.49. The fourth-order valence-corrected chi connectivity index (χ4v) is 0.893. The Morgan fingerprint density at radius 1 is 1.44 bits per heavy atom. The predicted molar refractivity (Wildman–Crippen MR) is 40.8 cm³/mol. The molecule has 9 heavy (non-hydrogen) atoms. The summed E-state index contributed by atoms with van der Waals surface area (Å²) in [6.07, 6.45) is 0.424. The maximum absolute atomic E-state index is 8.57. The molecule has 0 fully saturated rings. The van der Waals surface area contributed by atoms with Crippen LogP contribution in [0.3, 0.4) is 0 Å². The van der Waals surface area contributed by atoms with Crippen LogP contribution in [0.1, 0.15) is 6.42 Å². The molecule has 0 amide bonds. The molecule has 0 aromatic heterocycles. The van der Waals surface area contributed by atoms with Crippen molar-refractivity contribution >= 4 is 34.8 Å². The number of hydrogen-bond donors (Lipinski definition) is 1. The summed E-state index contributed by atoms with van der Waals surface area (Å²) in [4.78, 5) is 0. The maximum atomic E-state index is 8.57. The van der Waals surface area contributed by atoms with Gasteiger partial charge in [0.1, 0.15) is 0 Å². The van der Waals surface area contributed by atoms with E-state index in [1.165, 1.54) is 0 Å². The van der Waals surface area contributed by atoms with Gasteiger partial charge in [-0.25, -0.2) is 0 Å². The number of hydrogen-bond acceptors (Lipinski definition) is 1. The highest BCUT2D eigenvalue weighted by molar-refractivity contribution is 6.67. The van der Waals surface area contributed by atoms with Crippen LogP contribution in [0.25, 0.3) is 0 Å². The smallest absolute Gasteiger partial charge is 0.195 e. The quantitative estimate of drug-likeness (QED) is 0.662. The SMILES string of the molecule is [CH2]CC(CO)C(Cl)(Cl)Cl. The lowest BCUT2D eigenvalue weighted by Gasteiger charge is -2.19. The highest BCUT2D eigenvalue weighted by Crippen LogP contribution is 2.36. The molecule has 0 spiro atoms. The van der Waals surface area contributed by atoms with Gasteiger partial charge in [-0.2, -0.15) is 0 Å². The molecule has 1 radical (unpaired) electrons. The Labute approximate surface area is 69.9 Å². The fraction of sp³-hybridized carbons (Fsp3) is 0.800. The van der Waals surface area contributed by atoms with Crippen LogP contribution in [0, 0.1) is 12.8 Å². The molecule has 0 saturated heterocycles. The molecular weight excluding hydrogens is 182 g/mol. The topological polar surface area (TPSA) is 20.2 Å². The van der Waals surface area contributed by atoms with Crippen molar-refractivity contribution in [2.75, 3.05) is 6.61 Å². The van der Waals surface area contributed by atoms with E-state index < -0.39 is 3.79 Å². The fourth-order valence-electron chi connectivity index (χ4n) is 0.358. The Morgan fingerprint density at radius 2 is 1.89 bits per heavy atom. The molecular formula is C5H8Cl3O. The Morgan fingerprint density at radius 3 is 1.89 bits per heavy atom. The van der Waals surface area contributed by atoms with Gasteiger partial charge in [0.05, 0.1) is 0 Å². The van der Waals surface area contributed by atoms with Crippen LogP contribution in [-0.2, 0) is 0 Å². The van der Waals surface area contributed by atoms with Gasteiger partial charge in [-0.1, -0.05) is 41.7 Å². The summed E-state index contributed by atoms with van der Waals surface area (Å²) < 4.78 is -1.38. The molecule has 1 atom stereocenters. The molecule has 1 unspecified atom stereocenters. The van der Waals surface area contributed by atoms with E-state index in [2.05, 4.69) is 6.92 Å². The largest absolute Gasteiger partial charge is 0.396 e. The summed E-state index contributed by atoms with van der Waals surface area (Å²) in [5.74, 6) is -0.359. The van der Waals surface area contributed by atoms with Gasteiger partial charge in [0, 0.05) is 12.5 Å². The molecule has 0 aromatic rings. The van der Waals surface area contributed by atoms with Gasteiger partial charge in [0.2, 0.25) is 0 Å². The number of aliphatic hydroxyl groups is 1. The van der Waals surface area contributed by atoms with Crippen molar-refractivity contribution in [1.82, 2.24) is 0 Å². The van der Waals surface area contributed by atoms with E-state index >= 15 is 0 Å². The van der Waals surface area contributed by atoms with Gasteiger partial charge in [-0.15, -0.1) is 0 Å². The van der Waals surface area contributed by atoms with Crippen LogP contribution in [0.4, 0.5) is 0 Å². The minimum absolute atomic E-state index is 0.139. The van der Waals surface area contributed by atoms with Crippen LogP contribution < -0.4 is 0 Å². The third kappa shape index (κ3) is 3.51. The van der Waals surface area contributed by atoms with E-state index in [4.69, 9.17) is 39.9 Å². The molecule has 0 aliphatic heterocycles. The average Bonchev–Trinajstić information content (AvgIpc) is 1.65. The second-order valence-corrected chi connectivity index (χ2v) is 4.08. The molecule has 0 aromatic carbocycles. The van der Waals surface area contributed by atoms with Crippen molar-refractivity contribution in [1.29, 1.82) is 0 Å². The third-order valence-electron chi connectivity index (χ3n) is 1.03. The highest BCUT2D eigenvalue weighted by Gasteiger charge is 2.29. The zero-order valence-corrected chi connectivity index (χ0v) is 7.05. The molecule has 1 nitrogen and oxygen atoms in total. The lowest BCUT2D eigenvalue weighted by Crippen LogP contribution is -2.21. The summed E-state index contributed by atoms with van der Waals surface area (Å²) in [6, 6.07) is 0. The van der Waals surface area contributed by atoms with Crippen LogP contribution in [0.2, 0.25) is 0 Å². The molecule has 0 aliphatic carbocycles. The summed E-state index contributed by atoms with van der Waals surface area (Å²) >= 11 is 16.3. The van der Waals surface area contributed by atoms with Crippen molar-refractivity contribution in [3.63, 3.8) is 0 Å². The minimum atomic E-state index is -1.38. The van der Waals surface area contributed by atoms with E-state index in [0.29, 0.717) is 6.42 Å². The summed E-state index contributed by atoms with van der Waals surface area (Å²) in [5, 5.41) is 8.57. The van der Waals surface area contributed by atoms with Gasteiger partial charge in [0.25, 0.3) is 0 Å². The normalized spacial score (nSPS) is 15.7. The molecule has 4 heteroatoms. The van der Waals surface area contributed by atoms with Crippen molar-refractivity contribution in [3.05, 3.63) is 6.92 Å². The van der Waals surface area contributed by atoms with Crippen molar-refractivity contribution in [2.45, 2.75) is 10.2 Å². The van der Waals surface area contributed by atoms with Crippen molar-refractivity contribution in [3.8, 4) is 0 Å². The van der Waals surface area contributed by atoms with Gasteiger partial charge in [-0.3, -0.25) is 0 Å². The van der Waals surface area contributed by atoms with Crippen molar-refractivity contribution in [2.24, 2.45) is 5.92 Å². The monoisotopic (exact) mass is 189 g/mol. The Kier molecular flexibility index (Phi) is 4.22. The van der Waals surface area contributed by atoms with E-state index in [0.717, 1.165) is 0 Å². The number of halogens is 3. The Balaban J connectivity index is 3.79. The molecule has 0 rings (SSSR count). The number of rotatable bonds is 2. The van der Waals surface area contributed by atoms with E-state index in [1.807, 2.05) is 0 Å². The highest BCUT2D eigenvalue weighted by atomic mass is 35.6. The Hall–Kier alpha value is 0.830. The summed E-state index contributed by atoms with van der Waals surface area (Å²) in [5.41, 5.74) is 0. The van der Waals surface area contributed by atoms with Gasteiger partial charge in [-0.05, 0) is 6.42 Å². The standard InChI is InChI=1S/C5H8Cl3O/c1-2-4(3-9)5(6,7)8/h4,9H,1-3H2. The maximum Gasteiger partial charge on any atom is 0.195 e. The summed E-state index contributed by atoms with van der Waals surface area (Å²) in [7, 11) is 0. The van der Waals surface area contributed by atoms with Crippen molar-refractivity contribution < 1.29 is 5.11 Å². The molecule has 0 heterocycles. The molecule has 0 bridgehead atoms. The van der Waals surface area contributed by atoms with Crippen LogP contribution >= 0.6 is 34.8 Å². The van der Waals surface area contributed by atoms with E-state index in [9.17, 15) is 0 Å². The Bertz CT molecular complexity index is 74.8. The van der Waals surface area contributed by atoms with Crippen LogP contribution in [-0.4, -0.2) is 15.5 Å². The number of aliphatic hydroxyl groups excluding tert-OH is 1. The molecule has 0 aliphatic rings. The molecule has 1 N–H and O–H groups in total.